The molecule has 0 bridgehead atoms. The molecule has 2 aromatic rings. The lowest BCUT2D eigenvalue weighted by atomic mass is 10.0. The first kappa shape index (κ1) is 14.6. The molecule has 0 aliphatic rings. The zero-order chi connectivity index (χ0) is 15.4. The van der Waals surface area contributed by atoms with E-state index in [9.17, 15) is 14.7 Å². The summed E-state index contributed by atoms with van der Waals surface area (Å²) in [6, 6.07) is 11.2. The molecule has 2 N–H and O–H groups in total. The monoisotopic (exact) mass is 285 g/mol. The van der Waals surface area contributed by atoms with Crippen LogP contribution in [-0.2, 0) is 9.59 Å². The maximum atomic E-state index is 11.3. The number of benzene rings is 2. The Balaban J connectivity index is 2.67. The van der Waals surface area contributed by atoms with Crippen LogP contribution in [0.4, 0.5) is 0 Å². The number of nitrogens with one attached hydrogen (secondary N) is 1. The first-order valence-corrected chi connectivity index (χ1v) is 6.31. The van der Waals surface area contributed by atoms with E-state index in [1.807, 2.05) is 30.3 Å². The van der Waals surface area contributed by atoms with Crippen LogP contribution in [0.5, 0.6) is 5.75 Å². The lowest BCUT2D eigenvalue weighted by Crippen LogP contribution is -2.24. The predicted octanol–water partition coefficient (Wildman–Crippen LogP) is 2.41. The van der Waals surface area contributed by atoms with E-state index in [1.165, 1.54) is 20.1 Å². The Labute approximate surface area is 121 Å². The van der Waals surface area contributed by atoms with Crippen molar-refractivity contribution in [2.24, 2.45) is 0 Å². The van der Waals surface area contributed by atoms with E-state index in [0.29, 0.717) is 11.3 Å². The fourth-order valence-electron chi connectivity index (χ4n) is 2.09. The van der Waals surface area contributed by atoms with Gasteiger partial charge in [-0.1, -0.05) is 30.3 Å². The number of carboxylic acid groups (broad SMARTS) is 1. The molecule has 0 saturated carbocycles. The molecule has 2 aromatic carbocycles. The molecule has 0 aliphatic heterocycles. The summed E-state index contributed by atoms with van der Waals surface area (Å²) in [4.78, 5) is 22.4. The van der Waals surface area contributed by atoms with Gasteiger partial charge in [-0.2, -0.15) is 0 Å². The minimum absolute atomic E-state index is 0.197. The topological polar surface area (TPSA) is 75.6 Å². The zero-order valence-corrected chi connectivity index (χ0v) is 11.7. The highest BCUT2D eigenvalue weighted by Crippen LogP contribution is 2.29. The molecule has 5 heteroatoms. The van der Waals surface area contributed by atoms with Crippen LogP contribution in [0.25, 0.3) is 16.8 Å². The Morgan fingerprint density at radius 2 is 1.90 bits per heavy atom. The van der Waals surface area contributed by atoms with Gasteiger partial charge >= 0.3 is 5.97 Å². The average molecular weight is 285 g/mol. The van der Waals surface area contributed by atoms with E-state index in [1.54, 1.807) is 6.07 Å². The summed E-state index contributed by atoms with van der Waals surface area (Å²) in [6.07, 6.45) is 1.41. The third-order valence-corrected chi connectivity index (χ3v) is 2.98. The molecule has 0 fully saturated rings. The second-order valence-corrected chi connectivity index (χ2v) is 4.45. The van der Waals surface area contributed by atoms with Gasteiger partial charge in [0, 0.05) is 12.5 Å². The first-order valence-electron chi connectivity index (χ1n) is 6.31. The van der Waals surface area contributed by atoms with E-state index in [4.69, 9.17) is 4.74 Å². The highest BCUT2D eigenvalue weighted by Gasteiger charge is 2.13. The smallest absolute Gasteiger partial charge is 0.352 e. The SMILES string of the molecule is COc1ccc2ccccc2c1/C=C(\NC(C)=O)C(=O)O. The van der Waals surface area contributed by atoms with Gasteiger partial charge in [0.05, 0.1) is 7.11 Å². The molecule has 2 rings (SSSR count). The van der Waals surface area contributed by atoms with E-state index in [2.05, 4.69) is 5.32 Å². The van der Waals surface area contributed by atoms with Crippen molar-refractivity contribution in [3.05, 3.63) is 47.7 Å². The van der Waals surface area contributed by atoms with Crippen LogP contribution in [0.2, 0.25) is 0 Å². The summed E-state index contributed by atoms with van der Waals surface area (Å²) in [6.45, 7) is 1.26. The maximum Gasteiger partial charge on any atom is 0.352 e. The summed E-state index contributed by atoms with van der Waals surface area (Å²) in [5.74, 6) is -1.11. The van der Waals surface area contributed by atoms with Crippen LogP contribution in [0, 0.1) is 0 Å². The number of carbonyl (C=O) groups excluding carboxylic acids is 1. The molecule has 0 aromatic heterocycles. The van der Waals surface area contributed by atoms with E-state index < -0.39 is 11.9 Å². The van der Waals surface area contributed by atoms with E-state index in [-0.39, 0.29) is 5.70 Å². The molecule has 0 radical (unpaired) electrons. The van der Waals surface area contributed by atoms with Gasteiger partial charge < -0.3 is 15.2 Å². The van der Waals surface area contributed by atoms with Crippen molar-refractivity contribution in [3.63, 3.8) is 0 Å². The van der Waals surface area contributed by atoms with Crippen molar-refractivity contribution in [3.8, 4) is 5.75 Å². The second kappa shape index (κ2) is 6.09. The molecule has 0 spiro atoms. The van der Waals surface area contributed by atoms with Gasteiger partial charge in [-0.25, -0.2) is 4.79 Å². The lowest BCUT2D eigenvalue weighted by molar-refractivity contribution is -0.134. The molecule has 0 atom stereocenters. The van der Waals surface area contributed by atoms with Gasteiger partial charge in [-0.15, -0.1) is 0 Å². The number of aliphatic carboxylic acids is 1. The standard InChI is InChI=1S/C16H15NO4/c1-10(18)17-14(16(19)20)9-13-12-6-4-3-5-11(12)7-8-15(13)21-2/h3-9H,1-2H3,(H,17,18)(H,19,20)/b14-9-. The number of carboxylic acids is 1. The fraction of sp³-hybridized carbons (Fsp3) is 0.125. The molecular formula is C16H15NO4. The van der Waals surface area contributed by atoms with Crippen LogP contribution in [-0.4, -0.2) is 24.1 Å². The van der Waals surface area contributed by atoms with Crippen molar-refractivity contribution in [1.29, 1.82) is 0 Å². The number of ether oxygens (including phenoxy) is 1. The normalized spacial score (nSPS) is 11.2. The number of hydrogen-bond donors (Lipinski definition) is 2. The minimum Gasteiger partial charge on any atom is -0.496 e. The number of rotatable bonds is 4. The average Bonchev–Trinajstić information content (AvgIpc) is 2.46. The number of fused-ring (bicyclic) bond motifs is 1. The number of methoxy groups -OCH3 is 1. The molecule has 0 unspecified atom stereocenters. The molecule has 0 aliphatic carbocycles. The van der Waals surface area contributed by atoms with Crippen molar-refractivity contribution in [2.45, 2.75) is 6.92 Å². The van der Waals surface area contributed by atoms with Crippen LogP contribution in [0.3, 0.4) is 0 Å². The zero-order valence-electron chi connectivity index (χ0n) is 11.7. The van der Waals surface area contributed by atoms with Gasteiger partial charge in [-0.05, 0) is 22.9 Å². The molecule has 1 amide bonds. The van der Waals surface area contributed by atoms with Crippen molar-refractivity contribution in [2.75, 3.05) is 7.11 Å². The van der Waals surface area contributed by atoms with Crippen LogP contribution < -0.4 is 10.1 Å². The van der Waals surface area contributed by atoms with Gasteiger partial charge in [0.2, 0.25) is 5.91 Å². The van der Waals surface area contributed by atoms with Crippen molar-refractivity contribution < 1.29 is 19.4 Å². The summed E-state index contributed by atoms with van der Waals surface area (Å²) in [5, 5.41) is 13.3. The molecule has 5 nitrogen and oxygen atoms in total. The molecular weight excluding hydrogens is 270 g/mol. The van der Waals surface area contributed by atoms with Crippen LogP contribution in [0.15, 0.2) is 42.1 Å². The van der Waals surface area contributed by atoms with Gasteiger partial charge in [-0.3, -0.25) is 4.79 Å². The Morgan fingerprint density at radius 3 is 2.52 bits per heavy atom. The summed E-state index contributed by atoms with van der Waals surface area (Å²) >= 11 is 0. The second-order valence-electron chi connectivity index (χ2n) is 4.45. The molecule has 0 saturated heterocycles. The van der Waals surface area contributed by atoms with Gasteiger partial charge in [0.15, 0.2) is 0 Å². The minimum atomic E-state index is -1.21. The number of carbonyl (C=O) groups is 2. The third kappa shape index (κ3) is 3.20. The Kier molecular flexibility index (Phi) is 4.23. The molecule has 21 heavy (non-hydrogen) atoms. The third-order valence-electron chi connectivity index (χ3n) is 2.98. The predicted molar refractivity (Wildman–Crippen MR) is 79.9 cm³/mol. The Morgan fingerprint density at radius 1 is 1.19 bits per heavy atom. The number of amides is 1. The van der Waals surface area contributed by atoms with E-state index in [0.717, 1.165) is 10.8 Å². The quantitative estimate of drug-likeness (QED) is 0.846. The van der Waals surface area contributed by atoms with Crippen molar-refractivity contribution in [1.82, 2.24) is 5.32 Å². The van der Waals surface area contributed by atoms with Gasteiger partial charge in [0.1, 0.15) is 11.4 Å². The molecule has 108 valence electrons. The van der Waals surface area contributed by atoms with Crippen LogP contribution in [0.1, 0.15) is 12.5 Å². The Bertz CT molecular complexity index is 734. The summed E-state index contributed by atoms with van der Waals surface area (Å²) in [7, 11) is 1.51. The first-order chi connectivity index (χ1) is 10.0. The Hall–Kier alpha value is -2.82. The van der Waals surface area contributed by atoms with E-state index >= 15 is 0 Å². The van der Waals surface area contributed by atoms with Gasteiger partial charge in [0.25, 0.3) is 0 Å². The number of hydrogen-bond acceptors (Lipinski definition) is 3. The van der Waals surface area contributed by atoms with Crippen molar-refractivity contribution >= 4 is 28.7 Å². The van der Waals surface area contributed by atoms with Crippen LogP contribution >= 0.6 is 0 Å². The highest BCUT2D eigenvalue weighted by atomic mass is 16.5. The highest BCUT2D eigenvalue weighted by molar-refractivity contribution is 6.01. The molecule has 0 heterocycles. The summed E-state index contributed by atoms with van der Waals surface area (Å²) in [5.41, 5.74) is 0.416. The fourth-order valence-corrected chi connectivity index (χ4v) is 2.09. The largest absolute Gasteiger partial charge is 0.496 e. The maximum absolute atomic E-state index is 11.3. The summed E-state index contributed by atoms with van der Waals surface area (Å²) < 4.78 is 5.29. The lowest BCUT2D eigenvalue weighted by Gasteiger charge is -2.10.